The summed E-state index contributed by atoms with van der Waals surface area (Å²) in [6, 6.07) is 18.2. The molecule has 1 heteroatoms. The van der Waals surface area contributed by atoms with Gasteiger partial charge in [-0.25, -0.2) is 4.39 Å². The second-order valence-electron chi connectivity index (χ2n) is 10.0. The predicted molar refractivity (Wildman–Crippen MR) is 139 cm³/mol. The highest BCUT2D eigenvalue weighted by Crippen LogP contribution is 2.34. The molecule has 1 aliphatic carbocycles. The Morgan fingerprint density at radius 2 is 1.45 bits per heavy atom. The summed E-state index contributed by atoms with van der Waals surface area (Å²) in [6.45, 7) is 4.09. The second-order valence-corrected chi connectivity index (χ2v) is 10.0. The lowest BCUT2D eigenvalue weighted by atomic mass is 9.78. The standard InChI is InChI=1S/C32H37F/c1-3-4-5-6-25-8-10-26(11-9-25)12-13-27-14-16-28(17-15-27)18-19-29-20-22-31-30(23-29)21-7-24(2)32(31)33/h7,14-17,20-23,25-26H,3-6,8-13H2,1-2H3. The quantitative estimate of drug-likeness (QED) is 0.254. The minimum absolute atomic E-state index is 0.136. The van der Waals surface area contributed by atoms with E-state index in [2.05, 4.69) is 43.0 Å². The van der Waals surface area contributed by atoms with Gasteiger partial charge in [0.2, 0.25) is 0 Å². The van der Waals surface area contributed by atoms with Gasteiger partial charge in [-0.1, -0.05) is 100 Å². The van der Waals surface area contributed by atoms with Crippen LogP contribution in [0.1, 0.15) is 87.0 Å². The molecule has 0 amide bonds. The summed E-state index contributed by atoms with van der Waals surface area (Å²) < 4.78 is 14.2. The average Bonchev–Trinajstić information content (AvgIpc) is 2.85. The maximum absolute atomic E-state index is 14.2. The molecule has 0 nitrogen and oxygen atoms in total. The van der Waals surface area contributed by atoms with Crippen molar-refractivity contribution in [2.24, 2.45) is 11.8 Å². The molecule has 0 N–H and O–H groups in total. The van der Waals surface area contributed by atoms with Gasteiger partial charge in [-0.15, -0.1) is 0 Å². The summed E-state index contributed by atoms with van der Waals surface area (Å²) in [6.07, 6.45) is 13.9. The molecular weight excluding hydrogens is 403 g/mol. The van der Waals surface area contributed by atoms with Crippen molar-refractivity contribution in [3.8, 4) is 11.8 Å². The first kappa shape index (κ1) is 23.6. The number of unbranched alkanes of at least 4 members (excludes halogenated alkanes) is 2. The van der Waals surface area contributed by atoms with Gasteiger partial charge < -0.3 is 0 Å². The molecule has 4 rings (SSSR count). The van der Waals surface area contributed by atoms with Crippen LogP contribution < -0.4 is 0 Å². The third-order valence-electron chi connectivity index (χ3n) is 7.48. The van der Waals surface area contributed by atoms with E-state index in [9.17, 15) is 4.39 Å². The predicted octanol–water partition coefficient (Wildman–Crippen LogP) is 9.01. The molecule has 0 radical (unpaired) electrons. The number of benzene rings is 3. The van der Waals surface area contributed by atoms with E-state index < -0.39 is 0 Å². The van der Waals surface area contributed by atoms with E-state index in [0.29, 0.717) is 10.9 Å². The molecule has 1 fully saturated rings. The highest BCUT2D eigenvalue weighted by Gasteiger charge is 2.20. The van der Waals surface area contributed by atoms with Crippen LogP contribution in [0.2, 0.25) is 0 Å². The lowest BCUT2D eigenvalue weighted by molar-refractivity contribution is 0.249. The lowest BCUT2D eigenvalue weighted by Gasteiger charge is -2.28. The van der Waals surface area contributed by atoms with Gasteiger partial charge in [0.1, 0.15) is 5.82 Å². The van der Waals surface area contributed by atoms with Gasteiger partial charge in [-0.05, 0) is 72.4 Å². The van der Waals surface area contributed by atoms with Crippen molar-refractivity contribution in [3.63, 3.8) is 0 Å². The molecule has 0 aromatic heterocycles. The van der Waals surface area contributed by atoms with Crippen molar-refractivity contribution in [1.29, 1.82) is 0 Å². The van der Waals surface area contributed by atoms with Gasteiger partial charge in [0.05, 0.1) is 0 Å². The maximum Gasteiger partial charge on any atom is 0.133 e. The zero-order valence-corrected chi connectivity index (χ0v) is 20.3. The first-order valence-corrected chi connectivity index (χ1v) is 12.9. The van der Waals surface area contributed by atoms with Crippen molar-refractivity contribution >= 4 is 10.8 Å². The molecule has 1 saturated carbocycles. The van der Waals surface area contributed by atoms with Crippen molar-refractivity contribution in [2.75, 3.05) is 0 Å². The van der Waals surface area contributed by atoms with Gasteiger partial charge in [-0.3, -0.25) is 0 Å². The third-order valence-corrected chi connectivity index (χ3v) is 7.48. The fourth-order valence-electron chi connectivity index (χ4n) is 5.24. The van der Waals surface area contributed by atoms with Crippen LogP contribution in [0.5, 0.6) is 0 Å². The minimum Gasteiger partial charge on any atom is -0.206 e. The van der Waals surface area contributed by atoms with Crippen molar-refractivity contribution < 1.29 is 4.39 Å². The monoisotopic (exact) mass is 440 g/mol. The number of fused-ring (bicyclic) bond motifs is 1. The first-order chi connectivity index (χ1) is 16.1. The number of aryl methyl sites for hydroxylation is 2. The van der Waals surface area contributed by atoms with E-state index in [1.807, 2.05) is 30.3 Å². The Morgan fingerprint density at radius 3 is 2.18 bits per heavy atom. The third kappa shape index (κ3) is 6.48. The van der Waals surface area contributed by atoms with Crippen LogP contribution in [-0.2, 0) is 6.42 Å². The van der Waals surface area contributed by atoms with E-state index in [1.54, 1.807) is 6.92 Å². The van der Waals surface area contributed by atoms with Crippen LogP contribution in [-0.4, -0.2) is 0 Å². The van der Waals surface area contributed by atoms with Gasteiger partial charge in [-0.2, -0.15) is 0 Å². The maximum atomic E-state index is 14.2. The van der Waals surface area contributed by atoms with Gasteiger partial charge >= 0.3 is 0 Å². The second kappa shape index (κ2) is 11.5. The van der Waals surface area contributed by atoms with Crippen LogP contribution >= 0.6 is 0 Å². The molecular formula is C32H37F. The van der Waals surface area contributed by atoms with Crippen molar-refractivity contribution in [3.05, 3.63) is 82.7 Å². The van der Waals surface area contributed by atoms with Crippen molar-refractivity contribution in [1.82, 2.24) is 0 Å². The molecule has 33 heavy (non-hydrogen) atoms. The number of rotatable bonds is 7. The van der Waals surface area contributed by atoms with Gasteiger partial charge in [0.15, 0.2) is 0 Å². The SMILES string of the molecule is CCCCCC1CCC(CCc2ccc(C#Cc3ccc4c(F)c(C)ccc4c3)cc2)CC1. The molecule has 3 aromatic carbocycles. The Morgan fingerprint density at radius 1 is 0.788 bits per heavy atom. The fourth-order valence-corrected chi connectivity index (χ4v) is 5.24. The lowest BCUT2D eigenvalue weighted by Crippen LogP contribution is -2.15. The molecule has 0 saturated heterocycles. The van der Waals surface area contributed by atoms with Gasteiger partial charge in [0, 0.05) is 16.5 Å². The molecule has 0 heterocycles. The smallest absolute Gasteiger partial charge is 0.133 e. The number of hydrogen-bond acceptors (Lipinski definition) is 0. The van der Waals surface area contributed by atoms with E-state index in [0.717, 1.165) is 28.3 Å². The summed E-state index contributed by atoms with van der Waals surface area (Å²) in [5, 5.41) is 1.56. The minimum atomic E-state index is -0.136. The van der Waals surface area contributed by atoms with Crippen LogP contribution in [0.4, 0.5) is 4.39 Å². The summed E-state index contributed by atoms with van der Waals surface area (Å²) in [7, 11) is 0. The molecule has 0 spiro atoms. The average molecular weight is 441 g/mol. The van der Waals surface area contributed by atoms with E-state index in [-0.39, 0.29) is 5.82 Å². The molecule has 172 valence electrons. The van der Waals surface area contributed by atoms with E-state index in [4.69, 9.17) is 0 Å². The molecule has 3 aromatic rings. The van der Waals surface area contributed by atoms with Crippen LogP contribution in [0.15, 0.2) is 54.6 Å². The normalized spacial score (nSPS) is 18.2. The Bertz CT molecular complexity index is 1100. The van der Waals surface area contributed by atoms with Gasteiger partial charge in [0.25, 0.3) is 0 Å². The molecule has 0 bridgehead atoms. The van der Waals surface area contributed by atoms with Crippen LogP contribution in [0, 0.1) is 36.4 Å². The summed E-state index contributed by atoms with van der Waals surface area (Å²) in [4.78, 5) is 0. The summed E-state index contributed by atoms with van der Waals surface area (Å²) in [5.74, 6) is 8.28. The number of hydrogen-bond donors (Lipinski definition) is 0. The molecule has 0 aliphatic heterocycles. The van der Waals surface area contributed by atoms with Crippen LogP contribution in [0.25, 0.3) is 10.8 Å². The summed E-state index contributed by atoms with van der Waals surface area (Å²) in [5.41, 5.74) is 4.04. The zero-order valence-electron chi connectivity index (χ0n) is 20.3. The first-order valence-electron chi connectivity index (χ1n) is 12.9. The fraction of sp³-hybridized carbons (Fsp3) is 0.438. The van der Waals surface area contributed by atoms with Crippen molar-refractivity contribution in [2.45, 2.75) is 78.1 Å². The highest BCUT2D eigenvalue weighted by atomic mass is 19.1. The Labute approximate surface area is 199 Å². The molecule has 0 atom stereocenters. The Balaban J connectivity index is 1.28. The van der Waals surface area contributed by atoms with Crippen LogP contribution in [0.3, 0.4) is 0 Å². The molecule has 0 unspecified atom stereocenters. The summed E-state index contributed by atoms with van der Waals surface area (Å²) >= 11 is 0. The Hall–Kier alpha value is -2.59. The highest BCUT2D eigenvalue weighted by molar-refractivity contribution is 5.85. The topological polar surface area (TPSA) is 0 Å². The largest absolute Gasteiger partial charge is 0.206 e. The zero-order chi connectivity index (χ0) is 23.0. The van der Waals surface area contributed by atoms with E-state index in [1.165, 1.54) is 69.8 Å². The molecule has 1 aliphatic rings. The van der Waals surface area contributed by atoms with E-state index >= 15 is 0 Å². The number of halogens is 1. The Kier molecular flexibility index (Phi) is 8.22.